The number of rotatable bonds is 10. The van der Waals surface area contributed by atoms with Crippen LogP contribution >= 0.6 is 0 Å². The number of fused-ring (bicyclic) bond motifs is 1. The minimum absolute atomic E-state index is 0.219. The van der Waals surface area contributed by atoms with Gasteiger partial charge in [-0.05, 0) is 60.2 Å². The van der Waals surface area contributed by atoms with E-state index in [2.05, 4.69) is 40.0 Å². The van der Waals surface area contributed by atoms with Crippen LogP contribution in [0.1, 0.15) is 33.4 Å². The third kappa shape index (κ3) is 7.12. The van der Waals surface area contributed by atoms with Crippen LogP contribution in [0.3, 0.4) is 0 Å². The van der Waals surface area contributed by atoms with E-state index in [0.717, 1.165) is 38.7 Å². The van der Waals surface area contributed by atoms with Crippen LogP contribution in [-0.2, 0) is 38.6 Å². The monoisotopic (exact) mass is 579 g/mol. The van der Waals surface area contributed by atoms with Crippen molar-refractivity contribution in [3.63, 3.8) is 0 Å². The van der Waals surface area contributed by atoms with Crippen LogP contribution < -0.4 is 16.0 Å². The Kier molecular flexibility index (Phi) is 8.90. The Morgan fingerprint density at radius 2 is 1.65 bits per heavy atom. The lowest BCUT2D eigenvalue weighted by atomic mass is 10.0. The molecule has 9 nitrogen and oxygen atoms in total. The highest BCUT2D eigenvalue weighted by atomic mass is 16.2. The van der Waals surface area contributed by atoms with Gasteiger partial charge in [-0.1, -0.05) is 60.7 Å². The molecule has 2 heterocycles. The van der Waals surface area contributed by atoms with E-state index in [4.69, 9.17) is 0 Å². The summed E-state index contributed by atoms with van der Waals surface area (Å²) in [7, 11) is 0. The third-order valence-corrected chi connectivity index (χ3v) is 8.10. The van der Waals surface area contributed by atoms with Gasteiger partial charge in [-0.15, -0.1) is 0 Å². The van der Waals surface area contributed by atoms with E-state index in [0.29, 0.717) is 13.0 Å². The van der Waals surface area contributed by atoms with Crippen molar-refractivity contribution in [1.82, 2.24) is 25.8 Å². The van der Waals surface area contributed by atoms with Gasteiger partial charge in [0.05, 0.1) is 0 Å². The fraction of sp³-hybridized carbons (Fsp3) is 0.294. The van der Waals surface area contributed by atoms with E-state index in [-0.39, 0.29) is 37.2 Å². The molecule has 1 saturated heterocycles. The molecule has 0 bridgehead atoms. The molecule has 43 heavy (non-hydrogen) atoms. The molecule has 1 fully saturated rings. The van der Waals surface area contributed by atoms with Crippen LogP contribution in [0.4, 0.5) is 0 Å². The Balaban J connectivity index is 1.30. The Bertz CT molecular complexity index is 1640. The smallest absolute Gasteiger partial charge is 0.246 e. The van der Waals surface area contributed by atoms with Crippen LogP contribution in [-0.4, -0.2) is 58.7 Å². The summed E-state index contributed by atoms with van der Waals surface area (Å²) < 4.78 is 0. The van der Waals surface area contributed by atoms with E-state index in [1.807, 2.05) is 74.6 Å². The summed E-state index contributed by atoms with van der Waals surface area (Å²) in [6.45, 7) is 5.92. The van der Waals surface area contributed by atoms with Crippen molar-refractivity contribution in [3.05, 3.63) is 106 Å². The van der Waals surface area contributed by atoms with Crippen LogP contribution in [0.5, 0.6) is 0 Å². The molecule has 1 aromatic heterocycles. The number of hydrogen-bond donors (Lipinski definition) is 4. The number of nitrogens with zero attached hydrogens (tertiary/aromatic N) is 1. The number of nitrogens with one attached hydrogen (secondary N) is 4. The van der Waals surface area contributed by atoms with Gasteiger partial charge in [0.2, 0.25) is 23.6 Å². The predicted molar refractivity (Wildman–Crippen MR) is 165 cm³/mol. The quantitative estimate of drug-likeness (QED) is 0.231. The maximum absolute atomic E-state index is 13.5. The second kappa shape index (κ2) is 12.9. The summed E-state index contributed by atoms with van der Waals surface area (Å²) in [5.41, 5.74) is 7.20. The highest BCUT2D eigenvalue weighted by Gasteiger charge is 2.34. The average molecular weight is 580 g/mol. The molecule has 0 spiro atoms. The number of amides is 4. The lowest BCUT2D eigenvalue weighted by molar-refractivity contribution is -0.146. The highest BCUT2D eigenvalue weighted by molar-refractivity contribution is 5.98. The molecular formula is C34H37N5O4. The molecule has 3 aromatic carbocycles. The maximum Gasteiger partial charge on any atom is 0.246 e. The molecule has 2 atom stereocenters. The second-order valence-electron chi connectivity index (χ2n) is 11.3. The zero-order chi connectivity index (χ0) is 30.5. The van der Waals surface area contributed by atoms with Gasteiger partial charge in [-0.25, -0.2) is 0 Å². The first kappa shape index (κ1) is 29.6. The van der Waals surface area contributed by atoms with Crippen molar-refractivity contribution in [1.29, 1.82) is 0 Å². The molecule has 2 unspecified atom stereocenters. The zero-order valence-electron chi connectivity index (χ0n) is 24.7. The summed E-state index contributed by atoms with van der Waals surface area (Å²) in [5, 5.41) is 9.53. The number of carbonyl (C=O) groups is 4. The summed E-state index contributed by atoms with van der Waals surface area (Å²) in [4.78, 5) is 57.0. The maximum atomic E-state index is 13.5. The fourth-order valence-electron chi connectivity index (χ4n) is 5.58. The molecule has 4 amide bonds. The number of aromatic amines is 1. The van der Waals surface area contributed by atoms with Gasteiger partial charge in [0, 0.05) is 36.5 Å². The van der Waals surface area contributed by atoms with Gasteiger partial charge in [0.15, 0.2) is 0 Å². The Hall–Kier alpha value is -4.92. The molecule has 0 saturated carbocycles. The second-order valence-corrected chi connectivity index (χ2v) is 11.3. The molecule has 0 radical (unpaired) electrons. The first-order valence-electron chi connectivity index (χ1n) is 14.5. The minimum atomic E-state index is -0.895. The first-order valence-corrected chi connectivity index (χ1v) is 14.5. The molecule has 4 aromatic rings. The summed E-state index contributed by atoms with van der Waals surface area (Å²) in [5.74, 6) is -1.51. The van der Waals surface area contributed by atoms with Crippen LogP contribution in [0.2, 0.25) is 0 Å². The van der Waals surface area contributed by atoms with Crippen molar-refractivity contribution >= 4 is 34.5 Å². The summed E-state index contributed by atoms with van der Waals surface area (Å²) >= 11 is 0. The highest BCUT2D eigenvalue weighted by Crippen LogP contribution is 2.20. The number of piperazine rings is 1. The zero-order valence-corrected chi connectivity index (χ0v) is 24.7. The SMILES string of the molecule is Cc1cc(CNC(=O)C(Cc2c[nH]c3ccccc23)NC(=O)CN2CC(=O)NC(Cc3ccccc3)C2=O)cc(C)c1C. The van der Waals surface area contributed by atoms with Gasteiger partial charge in [-0.3, -0.25) is 19.2 Å². The van der Waals surface area contributed by atoms with E-state index < -0.39 is 18.0 Å². The van der Waals surface area contributed by atoms with Gasteiger partial charge >= 0.3 is 0 Å². The largest absolute Gasteiger partial charge is 0.361 e. The van der Waals surface area contributed by atoms with E-state index in [1.54, 1.807) is 0 Å². The Morgan fingerprint density at radius 1 is 0.953 bits per heavy atom. The van der Waals surface area contributed by atoms with Crippen LogP contribution in [0, 0.1) is 20.8 Å². The van der Waals surface area contributed by atoms with Crippen molar-refractivity contribution in [2.75, 3.05) is 13.1 Å². The Morgan fingerprint density at radius 3 is 2.40 bits per heavy atom. The van der Waals surface area contributed by atoms with E-state index >= 15 is 0 Å². The lowest BCUT2D eigenvalue weighted by Gasteiger charge is -2.32. The van der Waals surface area contributed by atoms with Gasteiger partial charge < -0.3 is 25.8 Å². The number of para-hydroxylation sites is 1. The fourth-order valence-corrected chi connectivity index (χ4v) is 5.58. The van der Waals surface area contributed by atoms with E-state index in [9.17, 15) is 19.2 Å². The number of hydrogen-bond acceptors (Lipinski definition) is 4. The number of aryl methyl sites for hydroxylation is 2. The topological polar surface area (TPSA) is 123 Å². The van der Waals surface area contributed by atoms with Crippen LogP contribution in [0.25, 0.3) is 10.9 Å². The van der Waals surface area contributed by atoms with Crippen molar-refractivity contribution < 1.29 is 19.2 Å². The third-order valence-electron chi connectivity index (χ3n) is 8.10. The molecule has 222 valence electrons. The van der Waals surface area contributed by atoms with Gasteiger partial charge in [0.25, 0.3) is 0 Å². The van der Waals surface area contributed by atoms with Gasteiger partial charge in [0.1, 0.15) is 25.2 Å². The van der Waals surface area contributed by atoms with E-state index in [1.165, 1.54) is 10.5 Å². The number of H-pyrrole nitrogens is 1. The molecular weight excluding hydrogens is 542 g/mol. The molecule has 9 heteroatoms. The standard InChI is InChI=1S/C34H37N5O4/c1-21-13-25(14-22(2)23(21)3)17-36-33(42)29(16-26-18-35-28-12-8-7-11-27(26)28)37-31(40)19-39-20-32(41)38-30(34(39)43)15-24-9-5-4-6-10-24/h4-14,18,29-30,35H,15-17,19-20H2,1-3H3,(H,36,42)(H,37,40)(H,38,41). The molecule has 1 aliphatic heterocycles. The molecule has 0 aliphatic carbocycles. The summed E-state index contributed by atoms with van der Waals surface area (Å²) in [6, 6.07) is 19.6. The molecule has 1 aliphatic rings. The minimum Gasteiger partial charge on any atom is -0.361 e. The predicted octanol–water partition coefficient (Wildman–Crippen LogP) is 3.01. The Labute approximate surface area is 251 Å². The molecule has 4 N–H and O–H groups in total. The number of aromatic nitrogens is 1. The van der Waals surface area contributed by atoms with Crippen molar-refractivity contribution in [2.45, 2.75) is 52.2 Å². The first-order chi connectivity index (χ1) is 20.7. The van der Waals surface area contributed by atoms with Crippen molar-refractivity contribution in [3.8, 4) is 0 Å². The molecule has 5 rings (SSSR count). The number of carbonyl (C=O) groups excluding carboxylic acids is 4. The van der Waals surface area contributed by atoms with Crippen LogP contribution in [0.15, 0.2) is 72.9 Å². The summed E-state index contributed by atoms with van der Waals surface area (Å²) in [6.07, 6.45) is 2.42. The number of benzene rings is 3. The van der Waals surface area contributed by atoms with Gasteiger partial charge in [-0.2, -0.15) is 0 Å². The lowest BCUT2D eigenvalue weighted by Crippen LogP contribution is -2.61. The van der Waals surface area contributed by atoms with Crippen molar-refractivity contribution in [2.24, 2.45) is 0 Å². The average Bonchev–Trinajstić information content (AvgIpc) is 3.39. The normalized spacial score (nSPS) is 15.7.